The number of thiophene rings is 1. The van der Waals surface area contributed by atoms with Crippen LogP contribution in [0.25, 0.3) is 10.3 Å². The average Bonchev–Trinajstić information content (AvgIpc) is 3.01. The second kappa shape index (κ2) is 4.89. The maximum Gasteiger partial charge on any atom is 0.263 e. The first kappa shape index (κ1) is 12.5. The molecule has 0 bridgehead atoms. The van der Waals surface area contributed by atoms with Crippen LogP contribution in [-0.4, -0.2) is 25.7 Å². The third-order valence-electron chi connectivity index (χ3n) is 2.77. The highest BCUT2D eigenvalue weighted by atomic mass is 32.1. The fraction of sp³-hybridized carbons (Fsp3) is 0.167. The maximum absolute atomic E-state index is 12.1. The Morgan fingerprint density at radius 2 is 2.25 bits per heavy atom. The van der Waals surface area contributed by atoms with Gasteiger partial charge in [-0.15, -0.1) is 11.3 Å². The predicted molar refractivity (Wildman–Crippen MR) is 76.2 cm³/mol. The molecule has 0 aliphatic heterocycles. The highest BCUT2D eigenvalue weighted by Gasteiger charge is 2.17. The van der Waals surface area contributed by atoms with Gasteiger partial charge in [-0.2, -0.15) is 5.10 Å². The normalized spacial score (nSPS) is 10.8. The number of hydrogen-bond donors (Lipinski definition) is 2. The first-order valence-corrected chi connectivity index (χ1v) is 6.72. The summed E-state index contributed by atoms with van der Waals surface area (Å²) in [6.45, 7) is 0.355. The second-order valence-corrected chi connectivity index (χ2v) is 5.22. The molecule has 3 N–H and O–H groups in total. The van der Waals surface area contributed by atoms with Crippen molar-refractivity contribution in [2.75, 3.05) is 5.73 Å². The molecule has 3 aromatic heterocycles. The third-order valence-corrected chi connectivity index (χ3v) is 3.87. The van der Waals surface area contributed by atoms with Gasteiger partial charge in [0, 0.05) is 25.6 Å². The molecule has 0 fully saturated rings. The predicted octanol–water partition coefficient (Wildman–Crippen LogP) is 0.937. The van der Waals surface area contributed by atoms with E-state index in [9.17, 15) is 4.79 Å². The lowest BCUT2D eigenvalue weighted by atomic mass is 10.3. The maximum atomic E-state index is 12.1. The Balaban J connectivity index is 1.80. The summed E-state index contributed by atoms with van der Waals surface area (Å²) in [7, 11) is 1.83. The van der Waals surface area contributed by atoms with Gasteiger partial charge in [0.05, 0.1) is 17.9 Å². The fourth-order valence-corrected chi connectivity index (χ4v) is 2.76. The van der Waals surface area contributed by atoms with E-state index in [1.165, 1.54) is 11.3 Å². The Bertz CT molecular complexity index is 777. The summed E-state index contributed by atoms with van der Waals surface area (Å²) < 4.78 is 1.68. The zero-order valence-corrected chi connectivity index (χ0v) is 11.5. The molecule has 1 amide bonds. The summed E-state index contributed by atoms with van der Waals surface area (Å²) in [5.41, 5.74) is 7.67. The summed E-state index contributed by atoms with van der Waals surface area (Å²) in [6, 6.07) is 1.84. The number of hydrogen-bond acceptors (Lipinski definition) is 6. The number of rotatable bonds is 3. The lowest BCUT2D eigenvalue weighted by Crippen LogP contribution is -2.23. The Hall–Kier alpha value is -2.48. The fourth-order valence-electron chi connectivity index (χ4n) is 1.82. The van der Waals surface area contributed by atoms with Gasteiger partial charge in [0.1, 0.15) is 15.2 Å². The van der Waals surface area contributed by atoms with E-state index in [1.54, 1.807) is 17.1 Å². The van der Waals surface area contributed by atoms with Crippen molar-refractivity contribution in [1.29, 1.82) is 0 Å². The zero-order chi connectivity index (χ0) is 14.1. The molecule has 20 heavy (non-hydrogen) atoms. The molecule has 0 saturated heterocycles. The van der Waals surface area contributed by atoms with Gasteiger partial charge in [-0.1, -0.05) is 0 Å². The van der Waals surface area contributed by atoms with Crippen molar-refractivity contribution < 1.29 is 4.79 Å². The minimum atomic E-state index is -0.238. The third kappa shape index (κ3) is 2.21. The number of carbonyl (C=O) groups excluding carboxylic acids is 1. The quantitative estimate of drug-likeness (QED) is 0.747. The number of aryl methyl sites for hydroxylation is 1. The van der Waals surface area contributed by atoms with E-state index >= 15 is 0 Å². The number of carbonyl (C=O) groups is 1. The van der Waals surface area contributed by atoms with Crippen LogP contribution < -0.4 is 11.1 Å². The van der Waals surface area contributed by atoms with Gasteiger partial charge in [0.25, 0.3) is 5.91 Å². The van der Waals surface area contributed by atoms with Crippen molar-refractivity contribution in [2.24, 2.45) is 7.05 Å². The zero-order valence-electron chi connectivity index (χ0n) is 10.7. The molecule has 3 aromatic rings. The van der Waals surface area contributed by atoms with E-state index in [0.717, 1.165) is 5.69 Å². The van der Waals surface area contributed by atoms with Gasteiger partial charge in [-0.3, -0.25) is 9.48 Å². The second-order valence-electron chi connectivity index (χ2n) is 4.22. The number of nitrogen functional groups attached to an aromatic ring is 1. The molecule has 0 atom stereocenters. The SMILES string of the molecule is Cn1ccc(CNC(=O)c2sc3nccnc3c2N)n1. The number of amides is 1. The Labute approximate surface area is 118 Å². The average molecular weight is 288 g/mol. The van der Waals surface area contributed by atoms with E-state index in [4.69, 9.17) is 5.73 Å². The highest BCUT2D eigenvalue weighted by molar-refractivity contribution is 7.21. The van der Waals surface area contributed by atoms with Crippen LogP contribution in [0.3, 0.4) is 0 Å². The number of nitrogens with zero attached hydrogens (tertiary/aromatic N) is 4. The van der Waals surface area contributed by atoms with Crippen molar-refractivity contribution in [1.82, 2.24) is 25.1 Å². The van der Waals surface area contributed by atoms with E-state index in [2.05, 4.69) is 20.4 Å². The van der Waals surface area contributed by atoms with Crippen molar-refractivity contribution in [3.05, 3.63) is 35.2 Å². The van der Waals surface area contributed by atoms with E-state index in [-0.39, 0.29) is 5.91 Å². The molecule has 102 valence electrons. The highest BCUT2D eigenvalue weighted by Crippen LogP contribution is 2.30. The number of fused-ring (bicyclic) bond motifs is 1. The largest absolute Gasteiger partial charge is 0.396 e. The Morgan fingerprint density at radius 3 is 2.95 bits per heavy atom. The van der Waals surface area contributed by atoms with Crippen LogP contribution >= 0.6 is 11.3 Å². The van der Waals surface area contributed by atoms with E-state index in [0.29, 0.717) is 27.5 Å². The molecular weight excluding hydrogens is 276 g/mol. The van der Waals surface area contributed by atoms with Crippen LogP contribution in [0, 0.1) is 0 Å². The molecule has 0 unspecified atom stereocenters. The van der Waals surface area contributed by atoms with Crippen LogP contribution in [0.2, 0.25) is 0 Å². The summed E-state index contributed by atoms with van der Waals surface area (Å²) in [5, 5.41) is 6.98. The Kier molecular flexibility index (Phi) is 3.07. The van der Waals surface area contributed by atoms with Crippen molar-refractivity contribution in [3.8, 4) is 0 Å². The summed E-state index contributed by atoms with van der Waals surface area (Å²) >= 11 is 1.24. The van der Waals surface area contributed by atoms with Crippen LogP contribution in [-0.2, 0) is 13.6 Å². The molecule has 3 rings (SSSR count). The molecule has 8 heteroatoms. The van der Waals surface area contributed by atoms with Crippen LogP contribution in [0.4, 0.5) is 5.69 Å². The van der Waals surface area contributed by atoms with Gasteiger partial charge in [-0.25, -0.2) is 9.97 Å². The molecule has 0 saturated carbocycles. The topological polar surface area (TPSA) is 98.7 Å². The molecule has 0 aliphatic carbocycles. The number of nitrogens with one attached hydrogen (secondary N) is 1. The number of anilines is 1. The van der Waals surface area contributed by atoms with Gasteiger partial charge in [0.2, 0.25) is 0 Å². The summed E-state index contributed by atoms with van der Waals surface area (Å²) in [4.78, 5) is 21.5. The monoisotopic (exact) mass is 288 g/mol. The molecule has 0 radical (unpaired) electrons. The minimum absolute atomic E-state index is 0.238. The first-order chi connectivity index (χ1) is 9.65. The molecule has 0 spiro atoms. The van der Waals surface area contributed by atoms with Crippen molar-refractivity contribution in [3.63, 3.8) is 0 Å². The molecule has 0 aromatic carbocycles. The molecule has 0 aliphatic rings. The lowest BCUT2D eigenvalue weighted by Gasteiger charge is -2.01. The molecular formula is C12H12N6OS. The van der Waals surface area contributed by atoms with E-state index in [1.807, 2.05) is 19.3 Å². The minimum Gasteiger partial charge on any atom is -0.396 e. The summed E-state index contributed by atoms with van der Waals surface area (Å²) in [6.07, 6.45) is 4.96. The van der Waals surface area contributed by atoms with Crippen LogP contribution in [0.15, 0.2) is 24.7 Å². The molecule has 3 heterocycles. The van der Waals surface area contributed by atoms with Crippen molar-refractivity contribution >= 4 is 33.3 Å². The number of aromatic nitrogens is 4. The van der Waals surface area contributed by atoms with Gasteiger partial charge < -0.3 is 11.1 Å². The van der Waals surface area contributed by atoms with Crippen LogP contribution in [0.5, 0.6) is 0 Å². The smallest absolute Gasteiger partial charge is 0.263 e. The van der Waals surface area contributed by atoms with Gasteiger partial charge >= 0.3 is 0 Å². The van der Waals surface area contributed by atoms with Crippen molar-refractivity contribution in [2.45, 2.75) is 6.54 Å². The summed E-state index contributed by atoms with van der Waals surface area (Å²) in [5.74, 6) is -0.238. The Morgan fingerprint density at radius 1 is 1.45 bits per heavy atom. The number of nitrogens with two attached hydrogens (primary N) is 1. The van der Waals surface area contributed by atoms with Gasteiger partial charge in [-0.05, 0) is 6.07 Å². The molecule has 7 nitrogen and oxygen atoms in total. The lowest BCUT2D eigenvalue weighted by molar-refractivity contribution is 0.0955. The van der Waals surface area contributed by atoms with Crippen LogP contribution in [0.1, 0.15) is 15.4 Å². The van der Waals surface area contributed by atoms with Gasteiger partial charge in [0.15, 0.2) is 0 Å². The van der Waals surface area contributed by atoms with E-state index < -0.39 is 0 Å². The standard InChI is InChI=1S/C12H12N6OS/c1-18-5-2-7(17-18)6-16-11(19)10-8(13)9-12(20-10)15-4-3-14-9/h2-5H,6,13H2,1H3,(H,16,19). The first-order valence-electron chi connectivity index (χ1n) is 5.91.